The Morgan fingerprint density at radius 3 is 2.68 bits per heavy atom. The van der Waals surface area contributed by atoms with Crippen molar-refractivity contribution in [2.45, 2.75) is 31.7 Å². The third-order valence-corrected chi connectivity index (χ3v) is 5.90. The van der Waals surface area contributed by atoms with Gasteiger partial charge in [-0.05, 0) is 43.2 Å². The molecule has 1 aliphatic carbocycles. The second kappa shape index (κ2) is 8.45. The highest BCUT2D eigenvalue weighted by atomic mass is 19.1. The number of halogens is 1. The third kappa shape index (κ3) is 4.02. The number of likely N-dealkylation sites (tertiary alicyclic amines) is 1. The molecule has 0 aromatic heterocycles. The van der Waals surface area contributed by atoms with Gasteiger partial charge in [-0.1, -0.05) is 12.7 Å². The van der Waals surface area contributed by atoms with Crippen LogP contribution in [0, 0.1) is 11.7 Å². The van der Waals surface area contributed by atoms with Crippen LogP contribution < -0.4 is 4.74 Å². The summed E-state index contributed by atoms with van der Waals surface area (Å²) in [7, 11) is 1.47. The van der Waals surface area contributed by atoms with Gasteiger partial charge in [-0.3, -0.25) is 14.6 Å². The SMILES string of the molecule is C=C/C(=C(\N=C)C(=O)N1CC(N2N=C(c3ccc(F)cc3OC)CCC2=O)C1)C1CC1. The van der Waals surface area contributed by atoms with Crippen molar-refractivity contribution in [1.29, 1.82) is 0 Å². The average Bonchev–Trinajstić information content (AvgIpc) is 3.57. The summed E-state index contributed by atoms with van der Waals surface area (Å²) in [5, 5.41) is 5.99. The van der Waals surface area contributed by atoms with Crippen LogP contribution in [-0.4, -0.2) is 60.4 Å². The van der Waals surface area contributed by atoms with Gasteiger partial charge in [-0.15, -0.1) is 0 Å². The van der Waals surface area contributed by atoms with E-state index in [2.05, 4.69) is 23.4 Å². The van der Waals surface area contributed by atoms with Crippen molar-refractivity contribution in [2.24, 2.45) is 16.0 Å². The number of rotatable bonds is 7. The van der Waals surface area contributed by atoms with Gasteiger partial charge >= 0.3 is 0 Å². The van der Waals surface area contributed by atoms with Gasteiger partial charge in [0.25, 0.3) is 5.91 Å². The summed E-state index contributed by atoms with van der Waals surface area (Å²) in [6.45, 7) is 8.11. The fourth-order valence-corrected chi connectivity index (χ4v) is 4.01. The first-order chi connectivity index (χ1) is 15.0. The Hall–Kier alpha value is -3.29. The van der Waals surface area contributed by atoms with Gasteiger partial charge in [0.15, 0.2) is 0 Å². The van der Waals surface area contributed by atoms with E-state index in [-0.39, 0.29) is 17.9 Å². The highest BCUT2D eigenvalue weighted by Gasteiger charge is 2.41. The zero-order valence-electron chi connectivity index (χ0n) is 17.5. The minimum absolute atomic E-state index is 0.0932. The Morgan fingerprint density at radius 1 is 1.32 bits per heavy atom. The van der Waals surface area contributed by atoms with Crippen LogP contribution in [0.25, 0.3) is 0 Å². The minimum Gasteiger partial charge on any atom is -0.496 e. The zero-order valence-corrected chi connectivity index (χ0v) is 17.5. The number of ether oxygens (including phenoxy) is 1. The van der Waals surface area contributed by atoms with Crippen molar-refractivity contribution in [2.75, 3.05) is 20.2 Å². The molecule has 0 bridgehead atoms. The molecule has 1 aromatic carbocycles. The quantitative estimate of drug-likeness (QED) is 0.384. The predicted octanol–water partition coefficient (Wildman–Crippen LogP) is 2.92. The lowest BCUT2D eigenvalue weighted by molar-refractivity contribution is -0.145. The Labute approximate surface area is 180 Å². The first-order valence-corrected chi connectivity index (χ1v) is 10.3. The summed E-state index contributed by atoms with van der Waals surface area (Å²) < 4.78 is 18.8. The second-order valence-electron chi connectivity index (χ2n) is 7.93. The van der Waals surface area contributed by atoms with Crippen LogP contribution in [0.2, 0.25) is 0 Å². The number of aliphatic imine (C=N–C) groups is 1. The van der Waals surface area contributed by atoms with Gasteiger partial charge in [0.2, 0.25) is 5.91 Å². The van der Waals surface area contributed by atoms with Crippen LogP contribution in [0.1, 0.15) is 31.2 Å². The first kappa shape index (κ1) is 21.0. The number of methoxy groups -OCH3 is 1. The Bertz CT molecular complexity index is 1010. The van der Waals surface area contributed by atoms with Crippen molar-refractivity contribution in [3.05, 3.63) is 53.5 Å². The summed E-state index contributed by atoms with van der Waals surface area (Å²) in [6.07, 6.45) is 4.50. The van der Waals surface area contributed by atoms with Crippen LogP contribution in [-0.2, 0) is 9.59 Å². The van der Waals surface area contributed by atoms with E-state index < -0.39 is 5.82 Å². The van der Waals surface area contributed by atoms with Crippen LogP contribution in [0.15, 0.2) is 52.2 Å². The number of benzene rings is 1. The molecule has 0 N–H and O–H groups in total. The maximum absolute atomic E-state index is 13.5. The molecule has 1 saturated carbocycles. The van der Waals surface area contributed by atoms with Gasteiger partial charge in [0.05, 0.1) is 18.9 Å². The summed E-state index contributed by atoms with van der Waals surface area (Å²) >= 11 is 0. The highest BCUT2D eigenvalue weighted by Crippen LogP contribution is 2.39. The molecule has 0 spiro atoms. The number of nitrogens with zero attached hydrogens (tertiary/aromatic N) is 4. The van der Waals surface area contributed by atoms with Gasteiger partial charge in [0, 0.05) is 37.6 Å². The molecule has 1 saturated heterocycles. The standard InChI is InChI=1S/C23H25FN4O3/c1-4-17(14-5-6-14)22(25-2)23(30)27-12-16(13-27)28-21(29)10-9-19(26-28)18-8-7-15(24)11-20(18)31-3/h4,7-8,11,14,16H,1-2,5-6,9-10,12-13H2,3H3/b22-17+. The van der Waals surface area contributed by atoms with Crippen LogP contribution in [0.5, 0.6) is 5.75 Å². The largest absolute Gasteiger partial charge is 0.496 e. The van der Waals surface area contributed by atoms with Crippen molar-refractivity contribution in [3.63, 3.8) is 0 Å². The molecule has 8 heteroatoms. The number of hydrogen-bond donors (Lipinski definition) is 0. The molecule has 0 radical (unpaired) electrons. The predicted molar refractivity (Wildman–Crippen MR) is 115 cm³/mol. The van der Waals surface area contributed by atoms with Crippen LogP contribution >= 0.6 is 0 Å². The summed E-state index contributed by atoms with van der Waals surface area (Å²) in [6, 6.07) is 4.05. The van der Waals surface area contributed by atoms with E-state index in [1.807, 2.05) is 0 Å². The van der Waals surface area contributed by atoms with E-state index in [0.717, 1.165) is 18.4 Å². The molecular weight excluding hydrogens is 399 g/mol. The number of carbonyl (C=O) groups is 2. The topological polar surface area (TPSA) is 74.6 Å². The van der Waals surface area contributed by atoms with Crippen LogP contribution in [0.4, 0.5) is 4.39 Å². The molecule has 0 unspecified atom stereocenters. The lowest BCUT2D eigenvalue weighted by Crippen LogP contribution is -2.61. The molecule has 0 atom stereocenters. The van der Waals surface area contributed by atoms with Crippen molar-refractivity contribution >= 4 is 24.2 Å². The smallest absolute Gasteiger partial charge is 0.272 e. The van der Waals surface area contributed by atoms with E-state index in [1.54, 1.807) is 17.0 Å². The highest BCUT2D eigenvalue weighted by molar-refractivity contribution is 6.06. The number of allylic oxidation sites excluding steroid dienone is 2. The Balaban J connectivity index is 1.50. The van der Waals surface area contributed by atoms with Gasteiger partial charge in [0.1, 0.15) is 17.3 Å². The maximum atomic E-state index is 13.5. The van der Waals surface area contributed by atoms with Crippen molar-refractivity contribution < 1.29 is 18.7 Å². The third-order valence-electron chi connectivity index (χ3n) is 5.90. The van der Waals surface area contributed by atoms with Crippen molar-refractivity contribution in [1.82, 2.24) is 9.91 Å². The molecule has 31 heavy (non-hydrogen) atoms. The minimum atomic E-state index is -0.400. The zero-order chi connectivity index (χ0) is 22.1. The summed E-state index contributed by atoms with van der Waals surface area (Å²) in [4.78, 5) is 31.0. The lowest BCUT2D eigenvalue weighted by Gasteiger charge is -2.44. The number of hydrazone groups is 1. The molecule has 1 aromatic rings. The first-order valence-electron chi connectivity index (χ1n) is 10.3. The van der Waals surface area contributed by atoms with Gasteiger partial charge < -0.3 is 9.64 Å². The van der Waals surface area contributed by atoms with E-state index >= 15 is 0 Å². The molecule has 2 amide bonds. The lowest BCUT2D eigenvalue weighted by atomic mass is 10.0. The maximum Gasteiger partial charge on any atom is 0.272 e. The molecular formula is C23H25FN4O3. The van der Waals surface area contributed by atoms with Gasteiger partial charge in [-0.2, -0.15) is 5.10 Å². The normalized spacial score (nSPS) is 19.9. The molecule has 2 fully saturated rings. The van der Waals surface area contributed by atoms with E-state index in [4.69, 9.17) is 4.74 Å². The van der Waals surface area contributed by atoms with Gasteiger partial charge in [-0.25, -0.2) is 9.40 Å². The van der Waals surface area contributed by atoms with E-state index in [9.17, 15) is 14.0 Å². The fraction of sp³-hybridized carbons (Fsp3) is 0.391. The Kier molecular flexibility index (Phi) is 5.71. The summed E-state index contributed by atoms with van der Waals surface area (Å²) in [5.74, 6) is 0.0250. The summed E-state index contributed by atoms with van der Waals surface area (Å²) in [5.41, 5.74) is 2.52. The number of carbonyl (C=O) groups excluding carboxylic acids is 2. The second-order valence-corrected chi connectivity index (χ2v) is 7.93. The molecule has 3 aliphatic rings. The monoisotopic (exact) mass is 424 g/mol. The number of amides is 2. The van der Waals surface area contributed by atoms with Crippen LogP contribution in [0.3, 0.4) is 0 Å². The van der Waals surface area contributed by atoms with E-state index in [0.29, 0.717) is 54.6 Å². The molecule has 2 heterocycles. The fourth-order valence-electron chi connectivity index (χ4n) is 4.01. The molecule has 4 rings (SSSR count). The molecule has 2 aliphatic heterocycles. The molecule has 162 valence electrons. The average molecular weight is 424 g/mol. The molecule has 7 nitrogen and oxygen atoms in total. The van der Waals surface area contributed by atoms with Crippen molar-refractivity contribution in [3.8, 4) is 5.75 Å². The number of hydrogen-bond acceptors (Lipinski definition) is 5. The Morgan fingerprint density at radius 2 is 2.06 bits per heavy atom. The van der Waals surface area contributed by atoms with E-state index in [1.165, 1.54) is 24.3 Å².